The van der Waals surface area contributed by atoms with Crippen LogP contribution in [0.2, 0.25) is 0 Å². The number of likely N-dealkylation sites (N-methyl/N-ethyl adjacent to an activating group) is 1. The fraction of sp³-hybridized carbons (Fsp3) is 0.308. The molecule has 0 saturated carbocycles. The average Bonchev–Trinajstić information content (AvgIpc) is 2.75. The monoisotopic (exact) mass is 311 g/mol. The number of hydrogen-bond donors (Lipinski definition) is 1. The summed E-state index contributed by atoms with van der Waals surface area (Å²) in [5.41, 5.74) is 1.04. The number of rotatable bonds is 4. The third-order valence-corrected chi connectivity index (χ3v) is 3.61. The molecule has 5 heteroatoms. The Balaban J connectivity index is 2.23. The van der Waals surface area contributed by atoms with Gasteiger partial charge in [-0.3, -0.25) is 0 Å². The minimum absolute atomic E-state index is 0.114. The lowest BCUT2D eigenvalue weighted by Gasteiger charge is -2.17. The van der Waals surface area contributed by atoms with Gasteiger partial charge in [-0.05, 0) is 40.7 Å². The zero-order chi connectivity index (χ0) is 13.1. The molecule has 3 nitrogen and oxygen atoms in total. The van der Waals surface area contributed by atoms with E-state index in [4.69, 9.17) is 0 Å². The summed E-state index contributed by atoms with van der Waals surface area (Å²) in [5, 5.41) is 3.23. The number of imidazole rings is 1. The van der Waals surface area contributed by atoms with Crippen molar-refractivity contribution in [2.75, 3.05) is 7.05 Å². The minimum Gasteiger partial charge on any atom is -0.338 e. The van der Waals surface area contributed by atoms with Crippen molar-refractivity contribution in [3.8, 4) is 0 Å². The quantitative estimate of drug-likeness (QED) is 0.941. The summed E-state index contributed by atoms with van der Waals surface area (Å²) in [4.78, 5) is 4.31. The molecule has 1 aromatic heterocycles. The van der Waals surface area contributed by atoms with Gasteiger partial charge in [0.15, 0.2) is 0 Å². The van der Waals surface area contributed by atoms with E-state index in [1.165, 1.54) is 6.07 Å². The van der Waals surface area contributed by atoms with Gasteiger partial charge in [0, 0.05) is 31.9 Å². The summed E-state index contributed by atoms with van der Waals surface area (Å²) in [7, 11) is 3.86. The zero-order valence-corrected chi connectivity index (χ0v) is 11.9. The molecule has 0 fully saturated rings. The van der Waals surface area contributed by atoms with Crippen LogP contribution < -0.4 is 5.32 Å². The first kappa shape index (κ1) is 13.2. The Morgan fingerprint density at radius 1 is 1.50 bits per heavy atom. The number of nitrogens with one attached hydrogen (secondary N) is 1. The van der Waals surface area contributed by atoms with Crippen LogP contribution in [-0.2, 0) is 13.5 Å². The molecule has 96 valence electrons. The molecule has 0 aliphatic heterocycles. The minimum atomic E-state index is -0.245. The summed E-state index contributed by atoms with van der Waals surface area (Å²) in [6, 6.07) is 5.19. The van der Waals surface area contributed by atoms with Crippen LogP contribution in [-0.4, -0.2) is 16.6 Å². The first-order chi connectivity index (χ1) is 8.61. The molecule has 1 N–H and O–H groups in total. The molecule has 0 amide bonds. The van der Waals surface area contributed by atoms with E-state index in [9.17, 15) is 4.39 Å². The Hall–Kier alpha value is -1.20. The van der Waals surface area contributed by atoms with Gasteiger partial charge in [0.05, 0.1) is 4.47 Å². The predicted molar refractivity (Wildman–Crippen MR) is 72.8 cm³/mol. The van der Waals surface area contributed by atoms with E-state index >= 15 is 0 Å². The molecule has 0 bridgehead atoms. The van der Waals surface area contributed by atoms with Crippen molar-refractivity contribution in [1.29, 1.82) is 0 Å². The molecule has 0 spiro atoms. The molecule has 1 unspecified atom stereocenters. The van der Waals surface area contributed by atoms with Gasteiger partial charge in [0.25, 0.3) is 0 Å². The summed E-state index contributed by atoms with van der Waals surface area (Å²) in [6.07, 6.45) is 4.46. The second-order valence-electron chi connectivity index (χ2n) is 4.17. The number of benzene rings is 1. The van der Waals surface area contributed by atoms with Gasteiger partial charge in [0.2, 0.25) is 0 Å². The number of aryl methyl sites for hydroxylation is 1. The van der Waals surface area contributed by atoms with Gasteiger partial charge in [-0.25, -0.2) is 9.37 Å². The SMILES string of the molecule is CNC(Cc1nccn1C)c1ccc(F)c(Br)c1. The Labute approximate surface area is 114 Å². The van der Waals surface area contributed by atoms with Crippen LogP contribution >= 0.6 is 15.9 Å². The van der Waals surface area contributed by atoms with Crippen molar-refractivity contribution in [3.63, 3.8) is 0 Å². The highest BCUT2D eigenvalue weighted by molar-refractivity contribution is 9.10. The summed E-state index contributed by atoms with van der Waals surface area (Å²) in [6.45, 7) is 0. The van der Waals surface area contributed by atoms with Crippen LogP contribution in [0.25, 0.3) is 0 Å². The molecule has 0 aliphatic rings. The van der Waals surface area contributed by atoms with E-state index in [2.05, 4.69) is 26.2 Å². The third kappa shape index (κ3) is 2.79. The van der Waals surface area contributed by atoms with Crippen molar-refractivity contribution in [2.45, 2.75) is 12.5 Å². The van der Waals surface area contributed by atoms with Crippen molar-refractivity contribution in [2.24, 2.45) is 7.05 Å². The molecule has 1 heterocycles. The molecule has 2 rings (SSSR count). The fourth-order valence-electron chi connectivity index (χ4n) is 1.89. The fourth-order valence-corrected chi connectivity index (χ4v) is 2.29. The predicted octanol–water partition coefficient (Wildman–Crippen LogP) is 2.82. The normalized spacial score (nSPS) is 12.7. The smallest absolute Gasteiger partial charge is 0.137 e. The Bertz CT molecular complexity index is 539. The van der Waals surface area contributed by atoms with Crippen LogP contribution in [0.1, 0.15) is 17.4 Å². The Morgan fingerprint density at radius 3 is 2.83 bits per heavy atom. The maximum absolute atomic E-state index is 13.2. The van der Waals surface area contributed by atoms with Crippen LogP contribution in [0.5, 0.6) is 0 Å². The van der Waals surface area contributed by atoms with Crippen molar-refractivity contribution < 1.29 is 4.39 Å². The van der Waals surface area contributed by atoms with Gasteiger partial charge in [-0.1, -0.05) is 6.07 Å². The number of hydrogen-bond acceptors (Lipinski definition) is 2. The van der Waals surface area contributed by atoms with E-state index in [1.54, 1.807) is 18.3 Å². The highest BCUT2D eigenvalue weighted by Crippen LogP contribution is 2.23. The maximum Gasteiger partial charge on any atom is 0.137 e. The first-order valence-electron chi connectivity index (χ1n) is 5.70. The van der Waals surface area contributed by atoms with E-state index < -0.39 is 0 Å². The van der Waals surface area contributed by atoms with E-state index in [1.807, 2.05) is 24.9 Å². The Kier molecular flexibility index (Phi) is 4.14. The lowest BCUT2D eigenvalue weighted by atomic mass is 10.0. The summed E-state index contributed by atoms with van der Waals surface area (Å²) >= 11 is 3.21. The molecule has 1 aromatic carbocycles. The third-order valence-electron chi connectivity index (χ3n) is 3.00. The molecule has 0 saturated heterocycles. The van der Waals surface area contributed by atoms with Crippen LogP contribution in [0.3, 0.4) is 0 Å². The molecular weight excluding hydrogens is 297 g/mol. The topological polar surface area (TPSA) is 29.9 Å². The maximum atomic E-state index is 13.2. The van der Waals surface area contributed by atoms with Crippen molar-refractivity contribution in [1.82, 2.24) is 14.9 Å². The van der Waals surface area contributed by atoms with Gasteiger partial charge in [0.1, 0.15) is 11.6 Å². The number of aromatic nitrogens is 2. The first-order valence-corrected chi connectivity index (χ1v) is 6.49. The van der Waals surface area contributed by atoms with Gasteiger partial charge >= 0.3 is 0 Å². The number of halogens is 2. The molecular formula is C13H15BrFN3. The molecule has 1 atom stereocenters. The highest BCUT2D eigenvalue weighted by atomic mass is 79.9. The summed E-state index contributed by atoms with van der Waals surface area (Å²) < 4.78 is 15.7. The Morgan fingerprint density at radius 2 is 2.28 bits per heavy atom. The van der Waals surface area contributed by atoms with Crippen molar-refractivity contribution >= 4 is 15.9 Å². The number of nitrogens with zero attached hydrogens (tertiary/aromatic N) is 2. The van der Waals surface area contributed by atoms with Crippen LogP contribution in [0.4, 0.5) is 4.39 Å². The van der Waals surface area contributed by atoms with Gasteiger partial charge < -0.3 is 9.88 Å². The van der Waals surface area contributed by atoms with Gasteiger partial charge in [-0.2, -0.15) is 0 Å². The second kappa shape index (κ2) is 5.63. The molecule has 18 heavy (non-hydrogen) atoms. The van der Waals surface area contributed by atoms with Crippen LogP contribution in [0.15, 0.2) is 35.1 Å². The largest absolute Gasteiger partial charge is 0.338 e. The summed E-state index contributed by atoms with van der Waals surface area (Å²) in [5.74, 6) is 0.750. The highest BCUT2D eigenvalue weighted by Gasteiger charge is 2.14. The zero-order valence-electron chi connectivity index (χ0n) is 10.3. The molecule has 0 radical (unpaired) electrons. The van der Waals surface area contributed by atoms with Crippen molar-refractivity contribution in [3.05, 3.63) is 52.3 Å². The van der Waals surface area contributed by atoms with E-state index in [-0.39, 0.29) is 11.9 Å². The van der Waals surface area contributed by atoms with Gasteiger partial charge in [-0.15, -0.1) is 0 Å². The van der Waals surface area contributed by atoms with E-state index in [0.29, 0.717) is 4.47 Å². The van der Waals surface area contributed by atoms with Crippen LogP contribution in [0, 0.1) is 5.82 Å². The second-order valence-corrected chi connectivity index (χ2v) is 5.03. The lowest BCUT2D eigenvalue weighted by molar-refractivity contribution is 0.559. The molecule has 0 aliphatic carbocycles. The standard InChI is InChI=1S/C13H15BrFN3/c1-16-12(8-13-17-5-6-18(13)2)9-3-4-11(15)10(14)7-9/h3-7,12,16H,8H2,1-2H3. The molecule has 2 aromatic rings. The average molecular weight is 312 g/mol. The van der Waals surface area contributed by atoms with E-state index in [0.717, 1.165) is 17.8 Å². The lowest BCUT2D eigenvalue weighted by Crippen LogP contribution is -2.20.